The van der Waals surface area contributed by atoms with Crippen molar-refractivity contribution >= 4 is 24.2 Å². The van der Waals surface area contributed by atoms with Gasteiger partial charge in [0.25, 0.3) is 5.91 Å². The van der Waals surface area contributed by atoms with Gasteiger partial charge in [-0.05, 0) is 31.9 Å². The highest BCUT2D eigenvalue weighted by Crippen LogP contribution is 2.15. The highest BCUT2D eigenvalue weighted by atomic mass is 35.5. The van der Waals surface area contributed by atoms with Gasteiger partial charge in [-0.1, -0.05) is 17.7 Å². The third kappa shape index (κ3) is 5.17. The Morgan fingerprint density at radius 1 is 1.20 bits per heavy atom. The van der Waals surface area contributed by atoms with Gasteiger partial charge in [0.15, 0.2) is 0 Å². The number of carbonyl (C=O) groups is 2. The van der Waals surface area contributed by atoms with Crippen LogP contribution >= 0.6 is 12.4 Å². The molecule has 2 fully saturated rings. The van der Waals surface area contributed by atoms with Gasteiger partial charge in [-0.3, -0.25) is 9.59 Å². The summed E-state index contributed by atoms with van der Waals surface area (Å²) in [6.45, 7) is 5.15. The van der Waals surface area contributed by atoms with Crippen LogP contribution in [0.25, 0.3) is 0 Å². The number of carbonyl (C=O) groups excluding carboxylic acids is 2. The number of likely N-dealkylation sites (tertiary alicyclic amines) is 1. The van der Waals surface area contributed by atoms with Crippen LogP contribution in [-0.4, -0.2) is 61.6 Å². The van der Waals surface area contributed by atoms with Gasteiger partial charge in [0.2, 0.25) is 5.91 Å². The first-order chi connectivity index (χ1) is 11.6. The van der Waals surface area contributed by atoms with Crippen molar-refractivity contribution < 1.29 is 14.3 Å². The molecule has 2 aliphatic rings. The van der Waals surface area contributed by atoms with E-state index in [1.165, 1.54) is 0 Å². The summed E-state index contributed by atoms with van der Waals surface area (Å²) in [5, 5.41) is 6.24. The first-order valence-electron chi connectivity index (χ1n) is 8.61. The van der Waals surface area contributed by atoms with Crippen molar-refractivity contribution in [2.45, 2.75) is 31.8 Å². The molecule has 0 radical (unpaired) electrons. The fourth-order valence-electron chi connectivity index (χ4n) is 3.14. The van der Waals surface area contributed by atoms with Gasteiger partial charge in [-0.15, -0.1) is 12.4 Å². The number of ether oxygens (including phenoxy) is 1. The molecule has 0 saturated carbocycles. The Morgan fingerprint density at radius 2 is 1.88 bits per heavy atom. The van der Waals surface area contributed by atoms with Gasteiger partial charge in [-0.25, -0.2) is 0 Å². The Kier molecular flexibility index (Phi) is 7.23. The molecular weight excluding hydrogens is 342 g/mol. The SMILES string of the molecule is Cc1ccc(C(=O)N2CCC(NC(=O)C3COCCN3)CC2)cc1.Cl. The molecule has 7 heteroatoms. The van der Waals surface area contributed by atoms with Gasteiger partial charge in [0.1, 0.15) is 6.04 Å². The molecule has 0 aliphatic carbocycles. The lowest BCUT2D eigenvalue weighted by Gasteiger charge is -2.33. The molecule has 0 spiro atoms. The van der Waals surface area contributed by atoms with E-state index < -0.39 is 0 Å². The van der Waals surface area contributed by atoms with E-state index in [1.54, 1.807) is 0 Å². The van der Waals surface area contributed by atoms with E-state index in [2.05, 4.69) is 10.6 Å². The maximum atomic E-state index is 12.5. The number of piperidine rings is 1. The molecule has 2 N–H and O–H groups in total. The fraction of sp³-hybridized carbons (Fsp3) is 0.556. The molecule has 2 amide bonds. The molecule has 1 aromatic carbocycles. The summed E-state index contributed by atoms with van der Waals surface area (Å²) in [5.41, 5.74) is 1.87. The second-order valence-electron chi connectivity index (χ2n) is 6.52. The second-order valence-corrected chi connectivity index (χ2v) is 6.52. The lowest BCUT2D eigenvalue weighted by atomic mass is 10.0. The van der Waals surface area contributed by atoms with E-state index in [1.807, 2.05) is 36.1 Å². The number of benzene rings is 1. The largest absolute Gasteiger partial charge is 0.378 e. The van der Waals surface area contributed by atoms with Crippen molar-refractivity contribution in [2.75, 3.05) is 32.8 Å². The van der Waals surface area contributed by atoms with Gasteiger partial charge in [0.05, 0.1) is 13.2 Å². The molecule has 2 aliphatic heterocycles. The van der Waals surface area contributed by atoms with E-state index in [0.29, 0.717) is 32.8 Å². The van der Waals surface area contributed by atoms with Gasteiger partial charge in [-0.2, -0.15) is 0 Å². The van der Waals surface area contributed by atoms with Crippen molar-refractivity contribution in [3.05, 3.63) is 35.4 Å². The maximum absolute atomic E-state index is 12.5. The van der Waals surface area contributed by atoms with Crippen LogP contribution in [0.5, 0.6) is 0 Å². The number of nitrogens with one attached hydrogen (secondary N) is 2. The molecule has 138 valence electrons. The molecule has 6 nitrogen and oxygen atoms in total. The van der Waals surface area contributed by atoms with Crippen LogP contribution in [0.2, 0.25) is 0 Å². The number of amides is 2. The highest BCUT2D eigenvalue weighted by molar-refractivity contribution is 5.94. The van der Waals surface area contributed by atoms with E-state index in [9.17, 15) is 9.59 Å². The van der Waals surface area contributed by atoms with E-state index in [4.69, 9.17) is 4.74 Å². The van der Waals surface area contributed by atoms with Crippen molar-refractivity contribution in [3.8, 4) is 0 Å². The van der Waals surface area contributed by atoms with E-state index in [0.717, 1.165) is 24.0 Å². The zero-order chi connectivity index (χ0) is 16.9. The summed E-state index contributed by atoms with van der Waals surface area (Å²) in [6, 6.07) is 7.54. The van der Waals surface area contributed by atoms with E-state index in [-0.39, 0.29) is 36.3 Å². The molecule has 3 rings (SSSR count). The number of halogens is 1. The van der Waals surface area contributed by atoms with Crippen molar-refractivity contribution in [1.29, 1.82) is 0 Å². The van der Waals surface area contributed by atoms with Crippen LogP contribution < -0.4 is 10.6 Å². The van der Waals surface area contributed by atoms with Crippen LogP contribution in [-0.2, 0) is 9.53 Å². The normalized spacial score (nSPS) is 21.3. The zero-order valence-corrected chi connectivity index (χ0v) is 15.3. The number of nitrogens with zero attached hydrogens (tertiary/aromatic N) is 1. The number of hydrogen-bond donors (Lipinski definition) is 2. The average molecular weight is 368 g/mol. The zero-order valence-electron chi connectivity index (χ0n) is 14.5. The van der Waals surface area contributed by atoms with Crippen molar-refractivity contribution in [2.24, 2.45) is 0 Å². The molecule has 0 bridgehead atoms. The topological polar surface area (TPSA) is 70.7 Å². The van der Waals surface area contributed by atoms with Crippen LogP contribution in [0.3, 0.4) is 0 Å². The Labute approximate surface area is 154 Å². The summed E-state index contributed by atoms with van der Waals surface area (Å²) in [5.74, 6) is 0.0696. The minimum atomic E-state index is -0.258. The molecule has 2 heterocycles. The minimum absolute atomic E-state index is 0. The van der Waals surface area contributed by atoms with Gasteiger partial charge >= 0.3 is 0 Å². The lowest BCUT2D eigenvalue weighted by molar-refractivity contribution is -0.126. The standard InChI is InChI=1S/C18H25N3O3.ClH/c1-13-2-4-14(5-3-13)18(23)21-9-6-15(7-10-21)20-17(22)16-12-24-11-8-19-16;/h2-5,15-16,19H,6-12H2,1H3,(H,20,22);1H. The number of morpholine rings is 1. The summed E-state index contributed by atoms with van der Waals surface area (Å²) in [7, 11) is 0. The molecular formula is C18H26ClN3O3. The van der Waals surface area contributed by atoms with Crippen LogP contribution in [0.4, 0.5) is 0 Å². The Hall–Kier alpha value is -1.63. The first-order valence-corrected chi connectivity index (χ1v) is 8.61. The van der Waals surface area contributed by atoms with Gasteiger partial charge in [0, 0.05) is 31.2 Å². The molecule has 1 aromatic rings. The fourth-order valence-corrected chi connectivity index (χ4v) is 3.14. The van der Waals surface area contributed by atoms with E-state index >= 15 is 0 Å². The number of hydrogen-bond acceptors (Lipinski definition) is 4. The molecule has 0 aromatic heterocycles. The quantitative estimate of drug-likeness (QED) is 0.840. The second kappa shape index (κ2) is 9.17. The van der Waals surface area contributed by atoms with Crippen LogP contribution in [0, 0.1) is 6.92 Å². The summed E-state index contributed by atoms with van der Waals surface area (Å²) in [6.07, 6.45) is 1.58. The molecule has 25 heavy (non-hydrogen) atoms. The van der Waals surface area contributed by atoms with Crippen molar-refractivity contribution in [1.82, 2.24) is 15.5 Å². The Bertz CT molecular complexity index is 580. The lowest BCUT2D eigenvalue weighted by Crippen LogP contribution is -2.55. The predicted octanol–water partition coefficient (Wildman–Crippen LogP) is 1.13. The summed E-state index contributed by atoms with van der Waals surface area (Å²) >= 11 is 0. The maximum Gasteiger partial charge on any atom is 0.253 e. The Balaban J connectivity index is 0.00000225. The number of rotatable bonds is 3. The summed E-state index contributed by atoms with van der Waals surface area (Å²) in [4.78, 5) is 26.6. The van der Waals surface area contributed by atoms with Gasteiger partial charge < -0.3 is 20.3 Å². The number of aryl methyl sites for hydroxylation is 1. The monoisotopic (exact) mass is 367 g/mol. The van der Waals surface area contributed by atoms with Crippen molar-refractivity contribution in [3.63, 3.8) is 0 Å². The third-order valence-corrected chi connectivity index (χ3v) is 4.67. The van der Waals surface area contributed by atoms with Crippen LogP contribution in [0.15, 0.2) is 24.3 Å². The highest BCUT2D eigenvalue weighted by Gasteiger charge is 2.27. The molecule has 1 unspecified atom stereocenters. The molecule has 2 saturated heterocycles. The summed E-state index contributed by atoms with van der Waals surface area (Å²) < 4.78 is 5.32. The smallest absolute Gasteiger partial charge is 0.253 e. The minimum Gasteiger partial charge on any atom is -0.378 e. The Morgan fingerprint density at radius 3 is 2.48 bits per heavy atom. The average Bonchev–Trinajstić information content (AvgIpc) is 2.63. The predicted molar refractivity (Wildman–Crippen MR) is 98.1 cm³/mol. The first kappa shape index (κ1) is 19.7. The molecule has 1 atom stereocenters. The third-order valence-electron chi connectivity index (χ3n) is 4.67. The van der Waals surface area contributed by atoms with Crippen LogP contribution in [0.1, 0.15) is 28.8 Å².